The Morgan fingerprint density at radius 1 is 0.857 bits per heavy atom. The third-order valence-corrected chi connectivity index (χ3v) is 6.38. The number of benzene rings is 3. The van der Waals surface area contributed by atoms with Gasteiger partial charge in [-0.05, 0) is 72.9 Å². The van der Waals surface area contributed by atoms with Gasteiger partial charge in [0.15, 0.2) is 0 Å². The van der Waals surface area contributed by atoms with Crippen molar-refractivity contribution in [3.63, 3.8) is 0 Å². The van der Waals surface area contributed by atoms with Gasteiger partial charge >= 0.3 is 12.0 Å². The van der Waals surface area contributed by atoms with Crippen LogP contribution >= 0.6 is 23.2 Å². The maximum atomic E-state index is 12.9. The molecule has 1 fully saturated rings. The predicted octanol–water partition coefficient (Wildman–Crippen LogP) is 6.38. The summed E-state index contributed by atoms with van der Waals surface area (Å²) in [5, 5.41) is 15.7. The molecule has 7 nitrogen and oxygen atoms in total. The van der Waals surface area contributed by atoms with Crippen LogP contribution < -0.4 is 10.6 Å². The minimum Gasteiger partial charge on any atom is -0.480 e. The van der Waals surface area contributed by atoms with Crippen LogP contribution in [0.15, 0.2) is 66.7 Å². The van der Waals surface area contributed by atoms with E-state index in [9.17, 15) is 19.5 Å². The molecule has 0 aliphatic carbocycles. The highest BCUT2D eigenvalue weighted by molar-refractivity contribution is 6.36. The molecule has 1 heterocycles. The summed E-state index contributed by atoms with van der Waals surface area (Å²) in [6, 6.07) is 17.9. The Morgan fingerprint density at radius 2 is 1.51 bits per heavy atom. The van der Waals surface area contributed by atoms with E-state index in [1.807, 2.05) is 24.3 Å². The highest BCUT2D eigenvalue weighted by Gasteiger charge is 2.32. The summed E-state index contributed by atoms with van der Waals surface area (Å²) in [5.41, 5.74) is 3.28. The minimum atomic E-state index is -0.965. The van der Waals surface area contributed by atoms with Gasteiger partial charge in [0.1, 0.15) is 6.04 Å². The maximum absolute atomic E-state index is 12.9. The number of carboxylic acid groups (broad SMARTS) is 1. The molecule has 0 unspecified atom stereocenters. The third-order valence-electron chi connectivity index (χ3n) is 5.84. The van der Waals surface area contributed by atoms with E-state index in [1.54, 1.807) is 42.5 Å². The SMILES string of the molecule is O=C(Nc1ccc(-c2ccc(C(=O)N3CCCC[C@H]3C(=O)O)cc2)cc1)Nc1ccc(Cl)cc1Cl. The van der Waals surface area contributed by atoms with E-state index in [0.717, 1.165) is 24.0 Å². The van der Waals surface area contributed by atoms with Gasteiger partial charge in [-0.3, -0.25) is 4.79 Å². The molecule has 0 radical (unpaired) electrons. The fourth-order valence-corrected chi connectivity index (χ4v) is 4.48. The quantitative estimate of drug-likeness (QED) is 0.369. The van der Waals surface area contributed by atoms with Gasteiger partial charge in [0.25, 0.3) is 5.91 Å². The number of nitrogens with zero attached hydrogens (tertiary/aromatic N) is 1. The maximum Gasteiger partial charge on any atom is 0.326 e. The van der Waals surface area contributed by atoms with Gasteiger partial charge in [-0.1, -0.05) is 47.5 Å². The molecule has 3 aromatic rings. The molecule has 3 amide bonds. The van der Waals surface area contributed by atoms with Gasteiger partial charge in [-0.15, -0.1) is 0 Å². The standard InChI is InChI=1S/C26H23Cl2N3O4/c27-19-10-13-22(21(28)15-19)30-26(35)29-20-11-8-17(9-12-20)16-4-6-18(7-5-16)24(32)31-14-2-1-3-23(31)25(33)34/h4-13,15,23H,1-3,14H2,(H,33,34)(H2,29,30,35)/t23-/m0/s1. The molecule has 1 atom stereocenters. The number of urea groups is 1. The molecule has 0 spiro atoms. The number of halogens is 2. The first-order valence-electron chi connectivity index (χ1n) is 11.1. The smallest absolute Gasteiger partial charge is 0.326 e. The lowest BCUT2D eigenvalue weighted by Crippen LogP contribution is -2.47. The Hall–Kier alpha value is -3.55. The average molecular weight is 512 g/mol. The van der Waals surface area contributed by atoms with Gasteiger partial charge in [-0.25, -0.2) is 9.59 Å². The van der Waals surface area contributed by atoms with Crippen molar-refractivity contribution in [2.75, 3.05) is 17.2 Å². The van der Waals surface area contributed by atoms with Crippen LogP contribution in [0, 0.1) is 0 Å². The highest BCUT2D eigenvalue weighted by Crippen LogP contribution is 2.27. The Bertz CT molecular complexity index is 1250. The molecule has 0 bridgehead atoms. The Morgan fingerprint density at radius 3 is 2.14 bits per heavy atom. The molecule has 1 aliphatic rings. The number of rotatable bonds is 5. The molecule has 1 saturated heterocycles. The van der Waals surface area contributed by atoms with E-state index < -0.39 is 18.0 Å². The second-order valence-corrected chi connectivity index (χ2v) is 9.05. The van der Waals surface area contributed by atoms with Gasteiger partial charge < -0.3 is 20.6 Å². The van der Waals surface area contributed by atoms with Crippen LogP contribution in [0.2, 0.25) is 10.0 Å². The number of aliphatic carboxylic acids is 1. The van der Waals surface area contributed by atoms with Crippen LogP contribution in [0.25, 0.3) is 11.1 Å². The normalized spacial score (nSPS) is 15.4. The third kappa shape index (κ3) is 5.93. The number of piperidine rings is 1. The van der Waals surface area contributed by atoms with Gasteiger partial charge in [0, 0.05) is 22.8 Å². The molecular formula is C26H23Cl2N3O4. The van der Waals surface area contributed by atoms with E-state index in [-0.39, 0.29) is 5.91 Å². The van der Waals surface area contributed by atoms with Gasteiger partial charge in [0.05, 0.1) is 10.7 Å². The van der Waals surface area contributed by atoms with Crippen molar-refractivity contribution in [3.05, 3.63) is 82.3 Å². The van der Waals surface area contributed by atoms with Crippen LogP contribution in [0.4, 0.5) is 16.2 Å². The van der Waals surface area contributed by atoms with Crippen LogP contribution in [0.5, 0.6) is 0 Å². The summed E-state index contributed by atoms with van der Waals surface area (Å²) < 4.78 is 0. The van der Waals surface area contributed by atoms with Crippen molar-refractivity contribution in [2.45, 2.75) is 25.3 Å². The number of carbonyl (C=O) groups is 3. The number of hydrogen-bond donors (Lipinski definition) is 3. The van der Waals surface area contributed by atoms with Crippen molar-refractivity contribution in [1.82, 2.24) is 4.90 Å². The first-order valence-corrected chi connectivity index (χ1v) is 11.8. The molecule has 0 saturated carbocycles. The average Bonchev–Trinajstić information content (AvgIpc) is 2.86. The number of likely N-dealkylation sites (tertiary alicyclic amines) is 1. The second kappa shape index (κ2) is 10.8. The fourth-order valence-electron chi connectivity index (χ4n) is 4.02. The van der Waals surface area contributed by atoms with Crippen LogP contribution in [-0.4, -0.2) is 40.5 Å². The summed E-state index contributed by atoms with van der Waals surface area (Å²) in [6.45, 7) is 0.448. The topological polar surface area (TPSA) is 98.7 Å². The summed E-state index contributed by atoms with van der Waals surface area (Å²) in [6.07, 6.45) is 2.09. The lowest BCUT2D eigenvalue weighted by molar-refractivity contribution is -0.143. The summed E-state index contributed by atoms with van der Waals surface area (Å²) in [4.78, 5) is 38.1. The molecule has 9 heteroatoms. The van der Waals surface area contributed by atoms with Gasteiger partial charge in [-0.2, -0.15) is 0 Å². The molecule has 4 rings (SSSR count). The molecule has 35 heavy (non-hydrogen) atoms. The van der Waals surface area contributed by atoms with Crippen molar-refractivity contribution in [1.29, 1.82) is 0 Å². The van der Waals surface area contributed by atoms with E-state index in [4.69, 9.17) is 23.2 Å². The largest absolute Gasteiger partial charge is 0.480 e. The zero-order valence-electron chi connectivity index (χ0n) is 18.6. The first kappa shape index (κ1) is 24.6. The minimum absolute atomic E-state index is 0.269. The molecule has 0 aromatic heterocycles. The monoisotopic (exact) mass is 511 g/mol. The molecular weight excluding hydrogens is 489 g/mol. The van der Waals surface area contributed by atoms with E-state index in [1.165, 1.54) is 4.90 Å². The van der Waals surface area contributed by atoms with E-state index in [2.05, 4.69) is 10.6 Å². The Balaban J connectivity index is 1.39. The summed E-state index contributed by atoms with van der Waals surface area (Å²) >= 11 is 12.0. The Labute approximate surface area is 212 Å². The van der Waals surface area contributed by atoms with Gasteiger partial charge in [0.2, 0.25) is 0 Å². The number of hydrogen-bond acceptors (Lipinski definition) is 3. The molecule has 180 valence electrons. The number of carbonyl (C=O) groups excluding carboxylic acids is 2. The number of carboxylic acids is 1. The van der Waals surface area contributed by atoms with Crippen LogP contribution in [0.1, 0.15) is 29.6 Å². The zero-order valence-corrected chi connectivity index (χ0v) is 20.1. The van der Waals surface area contributed by atoms with Crippen molar-refractivity contribution in [2.24, 2.45) is 0 Å². The first-order chi connectivity index (χ1) is 16.8. The number of amides is 3. The lowest BCUT2D eigenvalue weighted by Gasteiger charge is -2.33. The fraction of sp³-hybridized carbons (Fsp3) is 0.192. The van der Waals surface area contributed by atoms with Crippen LogP contribution in [-0.2, 0) is 4.79 Å². The second-order valence-electron chi connectivity index (χ2n) is 8.21. The number of nitrogens with one attached hydrogen (secondary N) is 2. The van der Waals surface area contributed by atoms with Crippen molar-refractivity contribution < 1.29 is 19.5 Å². The summed E-state index contributed by atoms with van der Waals surface area (Å²) in [5.74, 6) is -1.23. The van der Waals surface area contributed by atoms with Crippen molar-refractivity contribution >= 4 is 52.5 Å². The lowest BCUT2D eigenvalue weighted by atomic mass is 9.99. The van der Waals surface area contributed by atoms with Crippen molar-refractivity contribution in [3.8, 4) is 11.1 Å². The zero-order chi connectivity index (χ0) is 24.9. The molecule has 3 N–H and O–H groups in total. The Kier molecular flexibility index (Phi) is 7.58. The van der Waals surface area contributed by atoms with Crippen LogP contribution in [0.3, 0.4) is 0 Å². The number of anilines is 2. The predicted molar refractivity (Wildman–Crippen MR) is 137 cm³/mol. The molecule has 1 aliphatic heterocycles. The highest BCUT2D eigenvalue weighted by atomic mass is 35.5. The summed E-state index contributed by atoms with van der Waals surface area (Å²) in [7, 11) is 0. The van der Waals surface area contributed by atoms with E-state index in [0.29, 0.717) is 39.9 Å². The molecule has 3 aromatic carbocycles. The van der Waals surface area contributed by atoms with E-state index >= 15 is 0 Å².